The highest BCUT2D eigenvalue weighted by Crippen LogP contribution is 2.65. The first-order valence-electron chi connectivity index (χ1n) is 9.64. The topological polar surface area (TPSA) is 55.4 Å². The van der Waals surface area contributed by atoms with Crippen LogP contribution in [-0.4, -0.2) is 18.5 Å². The summed E-state index contributed by atoms with van der Waals surface area (Å²) in [6.07, 6.45) is 5.76. The van der Waals surface area contributed by atoms with Gasteiger partial charge in [-0.15, -0.1) is 11.3 Å². The van der Waals surface area contributed by atoms with E-state index in [1.165, 1.54) is 4.88 Å². The number of amides is 1. The van der Waals surface area contributed by atoms with Crippen LogP contribution in [-0.2, 0) is 22.4 Å². The Bertz CT molecular complexity index is 806. The van der Waals surface area contributed by atoms with Gasteiger partial charge in [0.05, 0.1) is 17.6 Å². The minimum absolute atomic E-state index is 0.0107. The lowest BCUT2D eigenvalue weighted by Gasteiger charge is -2.37. The van der Waals surface area contributed by atoms with E-state index in [-0.39, 0.29) is 17.3 Å². The van der Waals surface area contributed by atoms with Crippen molar-refractivity contribution in [3.8, 4) is 0 Å². The SMILES string of the molecule is C=C1C2(C(=O)Nc3sc4c(c3C(=O)OCC)CCC4)CCC(C2)C1(C)C. The van der Waals surface area contributed by atoms with Gasteiger partial charge < -0.3 is 10.1 Å². The van der Waals surface area contributed by atoms with Gasteiger partial charge >= 0.3 is 5.97 Å². The molecule has 2 fully saturated rings. The molecule has 5 heteroatoms. The summed E-state index contributed by atoms with van der Waals surface area (Å²) in [5, 5.41) is 3.80. The van der Waals surface area contributed by atoms with Crippen molar-refractivity contribution in [2.45, 2.75) is 59.3 Å². The molecule has 3 aliphatic rings. The number of hydrogen-bond acceptors (Lipinski definition) is 4. The molecule has 1 aromatic heterocycles. The van der Waals surface area contributed by atoms with E-state index < -0.39 is 5.41 Å². The van der Waals surface area contributed by atoms with Gasteiger partial charge in [-0.25, -0.2) is 4.79 Å². The minimum atomic E-state index is -0.478. The van der Waals surface area contributed by atoms with Gasteiger partial charge in [0.1, 0.15) is 5.00 Å². The Hall–Kier alpha value is -1.62. The second-order valence-electron chi connectivity index (χ2n) is 8.46. The van der Waals surface area contributed by atoms with E-state index in [2.05, 4.69) is 25.7 Å². The molecule has 1 N–H and O–H groups in total. The van der Waals surface area contributed by atoms with Gasteiger partial charge in [0, 0.05) is 4.88 Å². The Morgan fingerprint density at radius 3 is 2.77 bits per heavy atom. The highest BCUT2D eigenvalue weighted by molar-refractivity contribution is 7.17. The molecule has 2 unspecified atom stereocenters. The zero-order chi connectivity index (χ0) is 18.7. The summed E-state index contributed by atoms with van der Waals surface area (Å²) in [5.74, 6) is 0.231. The van der Waals surface area contributed by atoms with E-state index in [1.54, 1.807) is 11.3 Å². The maximum absolute atomic E-state index is 13.3. The molecule has 1 heterocycles. The van der Waals surface area contributed by atoms with Crippen LogP contribution in [0.2, 0.25) is 0 Å². The third-order valence-corrected chi connectivity index (χ3v) is 8.16. The van der Waals surface area contributed by atoms with E-state index in [9.17, 15) is 9.59 Å². The van der Waals surface area contributed by atoms with Crippen LogP contribution in [0.3, 0.4) is 0 Å². The zero-order valence-electron chi connectivity index (χ0n) is 15.9. The predicted octanol–water partition coefficient (Wildman–Crippen LogP) is 4.73. The Kier molecular flexibility index (Phi) is 4.07. The molecule has 2 atom stereocenters. The number of nitrogens with one attached hydrogen (secondary N) is 1. The monoisotopic (exact) mass is 373 g/mol. The van der Waals surface area contributed by atoms with Crippen LogP contribution in [0.15, 0.2) is 12.2 Å². The van der Waals surface area contributed by atoms with Gasteiger partial charge in [0.25, 0.3) is 0 Å². The van der Waals surface area contributed by atoms with E-state index in [0.29, 0.717) is 23.1 Å². The number of thiophene rings is 1. The number of fused-ring (bicyclic) bond motifs is 3. The van der Waals surface area contributed by atoms with E-state index in [4.69, 9.17) is 4.74 Å². The fraction of sp³-hybridized carbons (Fsp3) is 0.619. The number of esters is 1. The molecule has 0 saturated heterocycles. The molecule has 1 aromatic rings. The Balaban J connectivity index is 1.65. The quantitative estimate of drug-likeness (QED) is 0.613. The molecule has 0 radical (unpaired) electrons. The lowest BCUT2D eigenvalue weighted by Crippen LogP contribution is -2.37. The highest BCUT2D eigenvalue weighted by Gasteiger charge is 2.61. The summed E-state index contributed by atoms with van der Waals surface area (Å²) in [4.78, 5) is 27.1. The average molecular weight is 374 g/mol. The molecule has 4 rings (SSSR count). The van der Waals surface area contributed by atoms with Crippen molar-refractivity contribution in [2.24, 2.45) is 16.7 Å². The molecule has 0 aromatic carbocycles. The Morgan fingerprint density at radius 2 is 2.12 bits per heavy atom. The van der Waals surface area contributed by atoms with Crippen LogP contribution >= 0.6 is 11.3 Å². The van der Waals surface area contributed by atoms with Crippen LogP contribution < -0.4 is 5.32 Å². The minimum Gasteiger partial charge on any atom is -0.462 e. The second-order valence-corrected chi connectivity index (χ2v) is 9.56. The lowest BCUT2D eigenvalue weighted by molar-refractivity contribution is -0.123. The smallest absolute Gasteiger partial charge is 0.341 e. The molecule has 0 spiro atoms. The fourth-order valence-electron chi connectivity index (χ4n) is 5.28. The number of aryl methyl sites for hydroxylation is 1. The summed E-state index contributed by atoms with van der Waals surface area (Å²) in [6.45, 7) is 10.9. The number of rotatable bonds is 4. The van der Waals surface area contributed by atoms with Gasteiger partial charge in [-0.1, -0.05) is 26.0 Å². The third kappa shape index (κ3) is 2.32. The Labute approximate surface area is 159 Å². The van der Waals surface area contributed by atoms with Crippen LogP contribution in [0, 0.1) is 16.7 Å². The van der Waals surface area contributed by atoms with Gasteiger partial charge in [-0.3, -0.25) is 4.79 Å². The standard InChI is InChI=1S/C21H27NO3S/c1-5-25-18(23)16-14-7-6-8-15(14)26-17(16)22-19(24)21-10-9-13(11-21)20(3,4)12(21)2/h13H,2,5-11H2,1,3-4H3,(H,22,24). The van der Waals surface area contributed by atoms with Gasteiger partial charge in [0.15, 0.2) is 0 Å². The normalized spacial score (nSPS) is 28.3. The molecule has 1 amide bonds. The Morgan fingerprint density at radius 1 is 1.35 bits per heavy atom. The average Bonchev–Trinajstić information content (AvgIpc) is 3.30. The van der Waals surface area contributed by atoms with Gasteiger partial charge in [-0.2, -0.15) is 0 Å². The van der Waals surface area contributed by atoms with Crippen molar-refractivity contribution in [2.75, 3.05) is 11.9 Å². The van der Waals surface area contributed by atoms with E-state index in [0.717, 1.165) is 49.7 Å². The van der Waals surface area contributed by atoms with Crippen LogP contribution in [0.4, 0.5) is 5.00 Å². The molecule has 3 aliphatic carbocycles. The predicted molar refractivity (Wildman–Crippen MR) is 104 cm³/mol. The summed E-state index contributed by atoms with van der Waals surface area (Å²) in [6, 6.07) is 0. The number of hydrogen-bond donors (Lipinski definition) is 1. The molecule has 2 saturated carbocycles. The summed E-state index contributed by atoms with van der Waals surface area (Å²) in [5.41, 5.74) is 2.26. The first-order chi connectivity index (χ1) is 12.3. The summed E-state index contributed by atoms with van der Waals surface area (Å²) in [7, 11) is 0. The molecule has 2 bridgehead atoms. The van der Waals surface area contributed by atoms with Crippen LogP contribution in [0.1, 0.15) is 67.3 Å². The number of ether oxygens (including phenoxy) is 1. The zero-order valence-corrected chi connectivity index (χ0v) is 16.7. The van der Waals surface area contributed by atoms with Crippen molar-refractivity contribution in [3.05, 3.63) is 28.2 Å². The molecular weight excluding hydrogens is 346 g/mol. The molecule has 0 aliphatic heterocycles. The fourth-order valence-corrected chi connectivity index (χ4v) is 6.55. The van der Waals surface area contributed by atoms with Gasteiger partial charge in [0.2, 0.25) is 5.91 Å². The summed E-state index contributed by atoms with van der Waals surface area (Å²) < 4.78 is 5.27. The van der Waals surface area contributed by atoms with Crippen molar-refractivity contribution < 1.29 is 14.3 Å². The van der Waals surface area contributed by atoms with Crippen molar-refractivity contribution in [1.82, 2.24) is 0 Å². The molecule has 26 heavy (non-hydrogen) atoms. The largest absolute Gasteiger partial charge is 0.462 e. The number of anilines is 1. The van der Waals surface area contributed by atoms with E-state index in [1.807, 2.05) is 6.92 Å². The van der Waals surface area contributed by atoms with Crippen molar-refractivity contribution >= 4 is 28.2 Å². The van der Waals surface area contributed by atoms with Crippen molar-refractivity contribution in [1.29, 1.82) is 0 Å². The second kappa shape index (κ2) is 5.95. The first kappa shape index (κ1) is 17.8. The summed E-state index contributed by atoms with van der Waals surface area (Å²) >= 11 is 1.55. The van der Waals surface area contributed by atoms with Gasteiger partial charge in [-0.05, 0) is 62.3 Å². The first-order valence-corrected chi connectivity index (χ1v) is 10.5. The van der Waals surface area contributed by atoms with Crippen LogP contribution in [0.25, 0.3) is 0 Å². The van der Waals surface area contributed by atoms with Crippen LogP contribution in [0.5, 0.6) is 0 Å². The number of carbonyl (C=O) groups excluding carboxylic acids is 2. The maximum Gasteiger partial charge on any atom is 0.341 e. The molecular formula is C21H27NO3S. The molecule has 140 valence electrons. The lowest BCUT2D eigenvalue weighted by atomic mass is 9.68. The highest BCUT2D eigenvalue weighted by atomic mass is 32.1. The number of carbonyl (C=O) groups is 2. The molecule has 4 nitrogen and oxygen atoms in total. The third-order valence-electron chi connectivity index (χ3n) is 6.95. The maximum atomic E-state index is 13.3. The van der Waals surface area contributed by atoms with E-state index >= 15 is 0 Å². The van der Waals surface area contributed by atoms with Crippen molar-refractivity contribution in [3.63, 3.8) is 0 Å².